The lowest BCUT2D eigenvalue weighted by atomic mass is 10.0. The summed E-state index contributed by atoms with van der Waals surface area (Å²) in [7, 11) is 0. The molecule has 0 amide bonds. The number of fused-ring (bicyclic) bond motifs is 5. The predicted molar refractivity (Wildman–Crippen MR) is 68.9 cm³/mol. The first kappa shape index (κ1) is 10.0. The van der Waals surface area contributed by atoms with E-state index in [1.54, 1.807) is 6.42 Å². The summed E-state index contributed by atoms with van der Waals surface area (Å²) in [6, 6.07) is 1.61. The second-order valence-corrected chi connectivity index (χ2v) is 6.92. The van der Waals surface area contributed by atoms with Gasteiger partial charge < -0.3 is 9.88 Å². The molecule has 0 aromatic carbocycles. The minimum absolute atomic E-state index is 0.763. The van der Waals surface area contributed by atoms with Gasteiger partial charge in [0.05, 0.1) is 12.0 Å². The van der Waals surface area contributed by atoms with Gasteiger partial charge in [-0.25, -0.2) is 4.98 Å². The smallest absolute Gasteiger partial charge is 0.0951 e. The van der Waals surface area contributed by atoms with E-state index >= 15 is 0 Å². The lowest BCUT2D eigenvalue weighted by Gasteiger charge is -2.11. The highest BCUT2D eigenvalue weighted by Crippen LogP contribution is 2.65. The molecule has 18 heavy (non-hydrogen) atoms. The summed E-state index contributed by atoms with van der Waals surface area (Å²) < 4.78 is 2.39. The number of nitrogens with one attached hydrogen (secondary N) is 1. The van der Waals surface area contributed by atoms with E-state index in [-0.39, 0.29) is 0 Å². The van der Waals surface area contributed by atoms with Crippen molar-refractivity contribution in [1.29, 1.82) is 0 Å². The van der Waals surface area contributed by atoms with E-state index in [0.29, 0.717) is 0 Å². The minimum Gasteiger partial charge on any atom is -0.330 e. The Kier molecular flexibility index (Phi) is 1.88. The maximum absolute atomic E-state index is 4.32. The molecule has 1 N–H and O–H groups in total. The fourth-order valence-corrected chi connectivity index (χ4v) is 4.97. The summed E-state index contributed by atoms with van der Waals surface area (Å²) in [6.45, 7) is 1.04. The highest BCUT2D eigenvalue weighted by Gasteiger charge is 2.64. The van der Waals surface area contributed by atoms with E-state index < -0.39 is 0 Å². The molecule has 3 nitrogen and oxygen atoms in total. The van der Waals surface area contributed by atoms with Crippen LogP contribution in [0.5, 0.6) is 0 Å². The Morgan fingerprint density at radius 3 is 2.67 bits per heavy atom. The third kappa shape index (κ3) is 1.31. The zero-order valence-corrected chi connectivity index (χ0v) is 10.8. The average Bonchev–Trinajstić information content (AvgIpc) is 3.22. The molecular weight excluding hydrogens is 222 g/mol. The van der Waals surface area contributed by atoms with Crippen LogP contribution in [0.2, 0.25) is 0 Å². The fraction of sp³-hybridized carbons (Fsp3) is 0.800. The van der Waals surface area contributed by atoms with Gasteiger partial charge in [0.2, 0.25) is 0 Å². The Morgan fingerprint density at radius 2 is 1.94 bits per heavy atom. The maximum atomic E-state index is 4.32. The quantitative estimate of drug-likeness (QED) is 0.879. The largest absolute Gasteiger partial charge is 0.330 e. The van der Waals surface area contributed by atoms with Gasteiger partial charge in [-0.05, 0) is 55.8 Å². The topological polar surface area (TPSA) is 29.9 Å². The van der Waals surface area contributed by atoms with E-state index in [9.17, 15) is 0 Å². The molecule has 0 spiro atoms. The highest BCUT2D eigenvalue weighted by molar-refractivity contribution is 5.17. The molecular formula is C15H21N3. The van der Waals surface area contributed by atoms with Crippen molar-refractivity contribution in [3.05, 3.63) is 18.2 Å². The van der Waals surface area contributed by atoms with Crippen LogP contribution in [0.15, 0.2) is 12.5 Å². The molecule has 4 unspecified atom stereocenters. The first-order chi connectivity index (χ1) is 8.92. The van der Waals surface area contributed by atoms with Crippen LogP contribution < -0.4 is 5.32 Å². The van der Waals surface area contributed by atoms with Gasteiger partial charge in [-0.3, -0.25) is 0 Å². The van der Waals surface area contributed by atoms with Crippen molar-refractivity contribution >= 4 is 0 Å². The highest BCUT2D eigenvalue weighted by atomic mass is 15.1. The summed E-state index contributed by atoms with van der Waals surface area (Å²) in [5, 5.41) is 3.82. The van der Waals surface area contributed by atoms with E-state index in [1.165, 1.54) is 31.4 Å². The minimum atomic E-state index is 0.763. The molecule has 4 aliphatic rings. The number of imidazole rings is 1. The van der Waals surface area contributed by atoms with Crippen LogP contribution in [0.1, 0.15) is 43.8 Å². The lowest BCUT2D eigenvalue weighted by Crippen LogP contribution is -2.23. The summed E-state index contributed by atoms with van der Waals surface area (Å²) >= 11 is 0. The molecule has 1 heterocycles. The molecule has 4 saturated carbocycles. The standard InChI is InChI=1S/C15H21N3/c1-2-10-5-9(1)13-14(10)15(13)17-7-12-6-16-8-18(12)11-3-4-11/h6,8-11,13-15,17H,1-5,7H2. The fourth-order valence-electron chi connectivity index (χ4n) is 4.97. The van der Waals surface area contributed by atoms with Crippen molar-refractivity contribution < 1.29 is 0 Å². The van der Waals surface area contributed by atoms with Crippen molar-refractivity contribution in [2.45, 2.75) is 50.7 Å². The normalized spacial score (nSPS) is 44.3. The number of nitrogens with zero attached hydrogens (tertiary/aromatic N) is 2. The summed E-state index contributed by atoms with van der Waals surface area (Å²) in [5.41, 5.74) is 1.40. The third-order valence-corrected chi connectivity index (χ3v) is 5.94. The van der Waals surface area contributed by atoms with Crippen molar-refractivity contribution in [2.24, 2.45) is 23.7 Å². The maximum Gasteiger partial charge on any atom is 0.0951 e. The van der Waals surface area contributed by atoms with Crippen LogP contribution in [0, 0.1) is 23.7 Å². The van der Waals surface area contributed by atoms with Gasteiger partial charge in [-0.1, -0.05) is 0 Å². The predicted octanol–water partition coefficient (Wildman–Crippen LogP) is 2.35. The number of hydrogen-bond donors (Lipinski definition) is 1. The zero-order valence-electron chi connectivity index (χ0n) is 10.8. The van der Waals surface area contributed by atoms with E-state index in [0.717, 1.165) is 42.3 Å². The molecule has 1 aromatic rings. The molecule has 1 aromatic heterocycles. The van der Waals surface area contributed by atoms with Crippen LogP contribution >= 0.6 is 0 Å². The Balaban J connectivity index is 1.26. The van der Waals surface area contributed by atoms with Crippen molar-refractivity contribution in [3.8, 4) is 0 Å². The van der Waals surface area contributed by atoms with Crippen LogP contribution in [0.4, 0.5) is 0 Å². The SMILES string of the molecule is c1ncn(C2CC2)c1CNC1C2C3CCC(C3)C12. The van der Waals surface area contributed by atoms with Gasteiger partial charge in [0.15, 0.2) is 0 Å². The number of hydrogen-bond acceptors (Lipinski definition) is 2. The van der Waals surface area contributed by atoms with Crippen molar-refractivity contribution in [2.75, 3.05) is 0 Å². The van der Waals surface area contributed by atoms with E-state index in [2.05, 4.69) is 21.1 Å². The Bertz CT molecular complexity index is 460. The first-order valence-electron chi connectivity index (χ1n) is 7.66. The van der Waals surface area contributed by atoms with Crippen molar-refractivity contribution in [3.63, 3.8) is 0 Å². The van der Waals surface area contributed by atoms with Crippen LogP contribution in [0.25, 0.3) is 0 Å². The Hall–Kier alpha value is -0.830. The van der Waals surface area contributed by atoms with Gasteiger partial charge in [0, 0.05) is 24.8 Å². The Morgan fingerprint density at radius 1 is 1.17 bits per heavy atom. The van der Waals surface area contributed by atoms with Gasteiger partial charge >= 0.3 is 0 Å². The Labute approximate surface area is 108 Å². The van der Waals surface area contributed by atoms with Crippen LogP contribution in [-0.4, -0.2) is 15.6 Å². The lowest BCUT2D eigenvalue weighted by molar-refractivity contribution is 0.456. The molecule has 96 valence electrons. The summed E-state index contributed by atoms with van der Waals surface area (Å²) in [6.07, 6.45) is 11.4. The molecule has 0 saturated heterocycles. The van der Waals surface area contributed by atoms with Gasteiger partial charge in [0.1, 0.15) is 0 Å². The van der Waals surface area contributed by atoms with Crippen molar-refractivity contribution in [1.82, 2.24) is 14.9 Å². The molecule has 4 atom stereocenters. The number of rotatable bonds is 4. The summed E-state index contributed by atoms with van der Waals surface area (Å²) in [4.78, 5) is 4.32. The molecule has 5 rings (SSSR count). The molecule has 0 radical (unpaired) electrons. The monoisotopic (exact) mass is 243 g/mol. The second-order valence-electron chi connectivity index (χ2n) is 6.92. The van der Waals surface area contributed by atoms with E-state index in [4.69, 9.17) is 0 Å². The van der Waals surface area contributed by atoms with Gasteiger partial charge in [0.25, 0.3) is 0 Å². The zero-order chi connectivity index (χ0) is 11.7. The van der Waals surface area contributed by atoms with Gasteiger partial charge in [-0.2, -0.15) is 0 Å². The third-order valence-electron chi connectivity index (χ3n) is 5.94. The van der Waals surface area contributed by atoms with Crippen LogP contribution in [-0.2, 0) is 6.54 Å². The molecule has 4 aliphatic carbocycles. The average molecular weight is 243 g/mol. The second kappa shape index (κ2) is 3.38. The molecule has 4 fully saturated rings. The van der Waals surface area contributed by atoms with E-state index in [1.807, 2.05) is 6.33 Å². The molecule has 3 heteroatoms. The molecule has 2 bridgehead atoms. The summed E-state index contributed by atoms with van der Waals surface area (Å²) in [5.74, 6) is 4.23. The molecule has 0 aliphatic heterocycles. The number of aromatic nitrogens is 2. The van der Waals surface area contributed by atoms with Gasteiger partial charge in [-0.15, -0.1) is 0 Å². The van der Waals surface area contributed by atoms with Crippen LogP contribution in [0.3, 0.4) is 0 Å². The first-order valence-corrected chi connectivity index (χ1v) is 7.66.